The predicted molar refractivity (Wildman–Crippen MR) is 86.5 cm³/mol. The second-order valence-corrected chi connectivity index (χ2v) is 5.35. The van der Waals surface area contributed by atoms with Crippen LogP contribution in [0.15, 0.2) is 41.4 Å². The highest BCUT2D eigenvalue weighted by Gasteiger charge is 2.07. The minimum atomic E-state index is -0.385. The van der Waals surface area contributed by atoms with Crippen molar-refractivity contribution in [3.8, 4) is 5.69 Å². The van der Waals surface area contributed by atoms with Gasteiger partial charge in [0, 0.05) is 31.9 Å². The number of halogens is 1. The monoisotopic (exact) mass is 344 g/mol. The normalized spacial score (nSPS) is 10.6. The summed E-state index contributed by atoms with van der Waals surface area (Å²) in [6.45, 7) is 2.30. The van der Waals surface area contributed by atoms with E-state index in [9.17, 15) is 9.18 Å². The smallest absolute Gasteiger partial charge is 0.315 e. The van der Waals surface area contributed by atoms with Gasteiger partial charge in [0.1, 0.15) is 5.82 Å². The molecule has 2 amide bonds. The van der Waals surface area contributed by atoms with Crippen LogP contribution in [0.4, 0.5) is 9.18 Å². The van der Waals surface area contributed by atoms with Crippen LogP contribution in [0.1, 0.15) is 17.3 Å². The first kappa shape index (κ1) is 16.6. The number of carbonyl (C=O) groups is 1. The largest absolute Gasteiger partial charge is 0.339 e. The number of nitrogens with zero attached hydrogens (tertiary/aromatic N) is 4. The maximum atomic E-state index is 14.1. The van der Waals surface area contributed by atoms with Gasteiger partial charge in [0.2, 0.25) is 5.89 Å². The average Bonchev–Trinajstić information content (AvgIpc) is 3.25. The first-order valence-electron chi connectivity index (χ1n) is 7.69. The van der Waals surface area contributed by atoms with Crippen LogP contribution in [0.3, 0.4) is 0 Å². The van der Waals surface area contributed by atoms with Crippen LogP contribution in [0.2, 0.25) is 0 Å². The molecule has 2 aromatic heterocycles. The Morgan fingerprint density at radius 1 is 1.36 bits per heavy atom. The molecule has 0 aliphatic rings. The summed E-state index contributed by atoms with van der Waals surface area (Å²) < 4.78 is 20.7. The third kappa shape index (κ3) is 4.40. The number of aromatic nitrogens is 4. The first-order valence-corrected chi connectivity index (χ1v) is 7.69. The molecule has 3 rings (SSSR count). The van der Waals surface area contributed by atoms with E-state index in [2.05, 4.69) is 25.8 Å². The lowest BCUT2D eigenvalue weighted by atomic mass is 10.2. The Bertz CT molecular complexity index is 846. The second kappa shape index (κ2) is 7.56. The second-order valence-electron chi connectivity index (χ2n) is 5.35. The molecular formula is C16H17FN6O2. The Balaban J connectivity index is 1.46. The molecule has 0 saturated heterocycles. The molecule has 9 heteroatoms. The van der Waals surface area contributed by atoms with Crippen LogP contribution in [0.25, 0.3) is 5.69 Å². The van der Waals surface area contributed by atoms with Crippen LogP contribution in [0, 0.1) is 12.7 Å². The topological polar surface area (TPSA) is 97.9 Å². The fourth-order valence-electron chi connectivity index (χ4n) is 2.24. The molecule has 0 unspecified atom stereocenters. The molecule has 1 aromatic carbocycles. The summed E-state index contributed by atoms with van der Waals surface area (Å²) in [5, 5.41) is 9.01. The zero-order chi connectivity index (χ0) is 17.6. The molecule has 0 aliphatic carbocycles. The number of benzene rings is 1. The van der Waals surface area contributed by atoms with Crippen molar-refractivity contribution in [3.63, 3.8) is 0 Å². The minimum Gasteiger partial charge on any atom is -0.339 e. The van der Waals surface area contributed by atoms with Crippen molar-refractivity contribution in [2.45, 2.75) is 19.9 Å². The Labute approximate surface area is 143 Å². The van der Waals surface area contributed by atoms with E-state index < -0.39 is 0 Å². The third-order valence-corrected chi connectivity index (χ3v) is 3.44. The van der Waals surface area contributed by atoms with E-state index >= 15 is 0 Å². The van der Waals surface area contributed by atoms with E-state index in [0.717, 1.165) is 0 Å². The Morgan fingerprint density at radius 2 is 2.24 bits per heavy atom. The maximum Gasteiger partial charge on any atom is 0.315 e. The van der Waals surface area contributed by atoms with Crippen molar-refractivity contribution in [1.29, 1.82) is 0 Å². The number of rotatable bonds is 6. The van der Waals surface area contributed by atoms with Gasteiger partial charge in [-0.1, -0.05) is 11.2 Å². The number of urea groups is 1. The van der Waals surface area contributed by atoms with E-state index in [-0.39, 0.29) is 18.4 Å². The van der Waals surface area contributed by atoms with Crippen LogP contribution in [-0.2, 0) is 13.0 Å². The standard InChI is InChI=1S/C16H17FN6O2/c1-11-21-15(25-22-11)4-5-19-16(24)20-9-12-2-3-14(13(17)8-12)23-7-6-18-10-23/h2-3,6-8,10H,4-5,9H2,1H3,(H2,19,20,24). The van der Waals surface area contributed by atoms with Crippen LogP contribution in [-0.4, -0.2) is 32.3 Å². The van der Waals surface area contributed by atoms with Gasteiger partial charge in [-0.05, 0) is 24.6 Å². The van der Waals surface area contributed by atoms with Gasteiger partial charge in [-0.2, -0.15) is 4.98 Å². The summed E-state index contributed by atoms with van der Waals surface area (Å²) in [4.78, 5) is 19.7. The zero-order valence-corrected chi connectivity index (χ0v) is 13.6. The fraction of sp³-hybridized carbons (Fsp3) is 0.250. The SMILES string of the molecule is Cc1noc(CCNC(=O)NCc2ccc(-n3ccnc3)c(F)c2)n1. The van der Waals surface area contributed by atoms with Gasteiger partial charge in [0.25, 0.3) is 0 Å². The molecule has 25 heavy (non-hydrogen) atoms. The Morgan fingerprint density at radius 3 is 2.92 bits per heavy atom. The number of hydrogen-bond acceptors (Lipinski definition) is 5. The van der Waals surface area contributed by atoms with Gasteiger partial charge in [-0.3, -0.25) is 0 Å². The molecular weight excluding hydrogens is 327 g/mol. The summed E-state index contributed by atoms with van der Waals surface area (Å²) in [5.74, 6) is 0.639. The number of nitrogens with one attached hydrogen (secondary N) is 2. The third-order valence-electron chi connectivity index (χ3n) is 3.44. The Kier molecular flexibility index (Phi) is 5.03. The summed E-state index contributed by atoms with van der Waals surface area (Å²) in [6.07, 6.45) is 5.21. The minimum absolute atomic E-state index is 0.215. The average molecular weight is 344 g/mol. The van der Waals surface area contributed by atoms with Crippen molar-refractivity contribution in [3.05, 3.63) is 60.0 Å². The van der Waals surface area contributed by atoms with E-state index in [4.69, 9.17) is 4.52 Å². The lowest BCUT2D eigenvalue weighted by Crippen LogP contribution is -2.36. The van der Waals surface area contributed by atoms with Crippen molar-refractivity contribution in [1.82, 2.24) is 30.3 Å². The van der Waals surface area contributed by atoms with Crippen LogP contribution >= 0.6 is 0 Å². The molecule has 130 valence electrons. The lowest BCUT2D eigenvalue weighted by molar-refractivity contribution is 0.240. The quantitative estimate of drug-likeness (QED) is 0.710. The first-order chi connectivity index (χ1) is 12.1. The van der Waals surface area contributed by atoms with E-state index in [0.29, 0.717) is 35.9 Å². The summed E-state index contributed by atoms with van der Waals surface area (Å²) in [6, 6.07) is 4.43. The van der Waals surface area contributed by atoms with E-state index in [1.54, 1.807) is 36.0 Å². The van der Waals surface area contributed by atoms with Gasteiger partial charge >= 0.3 is 6.03 Å². The molecule has 0 radical (unpaired) electrons. The summed E-state index contributed by atoms with van der Waals surface area (Å²) in [7, 11) is 0. The van der Waals surface area contributed by atoms with Crippen molar-refractivity contribution < 1.29 is 13.7 Å². The van der Waals surface area contributed by atoms with Gasteiger partial charge < -0.3 is 19.7 Å². The highest BCUT2D eigenvalue weighted by atomic mass is 19.1. The molecule has 0 spiro atoms. The van der Waals surface area contributed by atoms with Crippen LogP contribution < -0.4 is 10.6 Å². The number of amides is 2. The van der Waals surface area contributed by atoms with Crippen LogP contribution in [0.5, 0.6) is 0 Å². The molecule has 0 bridgehead atoms. The molecule has 2 heterocycles. The highest BCUT2D eigenvalue weighted by molar-refractivity contribution is 5.73. The van der Waals surface area contributed by atoms with Gasteiger partial charge in [0.15, 0.2) is 5.82 Å². The Hall–Kier alpha value is -3.23. The number of imidazole rings is 1. The van der Waals surface area contributed by atoms with E-state index in [1.807, 2.05) is 0 Å². The lowest BCUT2D eigenvalue weighted by Gasteiger charge is -2.09. The van der Waals surface area contributed by atoms with E-state index in [1.165, 1.54) is 12.4 Å². The van der Waals surface area contributed by atoms with Gasteiger partial charge in [-0.25, -0.2) is 14.2 Å². The molecule has 2 N–H and O–H groups in total. The molecule has 0 atom stereocenters. The molecule has 3 aromatic rings. The highest BCUT2D eigenvalue weighted by Crippen LogP contribution is 2.14. The summed E-state index contributed by atoms with van der Waals surface area (Å²) in [5.41, 5.74) is 1.06. The van der Waals surface area contributed by atoms with Gasteiger partial charge in [0.05, 0.1) is 12.0 Å². The van der Waals surface area contributed by atoms with Gasteiger partial charge in [-0.15, -0.1) is 0 Å². The summed E-state index contributed by atoms with van der Waals surface area (Å²) >= 11 is 0. The number of aryl methyl sites for hydroxylation is 1. The van der Waals surface area contributed by atoms with Crippen molar-refractivity contribution in [2.24, 2.45) is 0 Å². The maximum absolute atomic E-state index is 14.1. The fourth-order valence-corrected chi connectivity index (χ4v) is 2.24. The molecule has 0 aliphatic heterocycles. The van der Waals surface area contributed by atoms with Crippen molar-refractivity contribution >= 4 is 6.03 Å². The number of carbonyl (C=O) groups excluding carboxylic acids is 1. The molecule has 8 nitrogen and oxygen atoms in total. The molecule has 0 saturated carbocycles. The molecule has 0 fully saturated rings. The number of hydrogen-bond donors (Lipinski definition) is 2. The zero-order valence-electron chi connectivity index (χ0n) is 13.6. The van der Waals surface area contributed by atoms with Crippen molar-refractivity contribution in [2.75, 3.05) is 6.54 Å². The predicted octanol–water partition coefficient (Wildman–Crippen LogP) is 1.74.